The average Bonchev–Trinajstić information content (AvgIpc) is 3.00. The quantitative estimate of drug-likeness (QED) is 0.539. The Hall–Kier alpha value is -1.66. The highest BCUT2D eigenvalue weighted by Gasteiger charge is 2.13. The lowest BCUT2D eigenvalue weighted by atomic mass is 10.1. The normalized spacial score (nSPS) is 12.2. The van der Waals surface area contributed by atoms with Crippen molar-refractivity contribution >= 4 is 23.0 Å². The van der Waals surface area contributed by atoms with Gasteiger partial charge in [-0.3, -0.25) is 0 Å². The monoisotopic (exact) mass is 291 g/mol. The minimum atomic E-state index is 0.283. The molecule has 0 fully saturated rings. The van der Waals surface area contributed by atoms with Gasteiger partial charge >= 0.3 is 0 Å². The number of aromatic nitrogens is 2. The number of hydrogen-bond donors (Lipinski definition) is 3. The number of rotatable bonds is 7. The number of nitrogen functional groups attached to an aromatic ring is 1. The predicted octanol–water partition coefficient (Wildman–Crippen LogP) is 3.34. The fourth-order valence-electron chi connectivity index (χ4n) is 2.05. The Morgan fingerprint density at radius 3 is 2.70 bits per heavy atom. The van der Waals surface area contributed by atoms with E-state index < -0.39 is 0 Å². The molecule has 108 valence electrons. The summed E-state index contributed by atoms with van der Waals surface area (Å²) in [6.07, 6.45) is 2.96. The van der Waals surface area contributed by atoms with Gasteiger partial charge in [0.2, 0.25) is 0 Å². The summed E-state index contributed by atoms with van der Waals surface area (Å²) in [4.78, 5) is 10.1. The van der Waals surface area contributed by atoms with Crippen molar-refractivity contribution in [2.45, 2.75) is 39.2 Å². The molecule has 0 spiro atoms. The Balaban J connectivity index is 2.21. The van der Waals surface area contributed by atoms with Crippen LogP contribution < -0.4 is 16.6 Å². The number of aryl methyl sites for hydroxylation is 1. The van der Waals surface area contributed by atoms with Crippen LogP contribution in [0.25, 0.3) is 0 Å². The first-order valence-electron chi connectivity index (χ1n) is 6.91. The minimum absolute atomic E-state index is 0.283. The summed E-state index contributed by atoms with van der Waals surface area (Å²) < 4.78 is 0. The lowest BCUT2D eigenvalue weighted by Crippen LogP contribution is -2.14. The second kappa shape index (κ2) is 7.21. The summed E-state index contributed by atoms with van der Waals surface area (Å²) in [6.45, 7) is 4.22. The molecule has 0 amide bonds. The highest BCUT2D eigenvalue weighted by Crippen LogP contribution is 2.27. The van der Waals surface area contributed by atoms with E-state index in [0.717, 1.165) is 30.9 Å². The minimum Gasteiger partial charge on any atom is -0.362 e. The zero-order valence-electron chi connectivity index (χ0n) is 11.9. The predicted molar refractivity (Wildman–Crippen MR) is 84.8 cm³/mol. The van der Waals surface area contributed by atoms with Crippen LogP contribution in [0.3, 0.4) is 0 Å². The largest absolute Gasteiger partial charge is 0.362 e. The third-order valence-corrected chi connectivity index (χ3v) is 4.01. The number of hydrogen-bond acceptors (Lipinski definition) is 6. The molecule has 0 aliphatic heterocycles. The van der Waals surface area contributed by atoms with E-state index >= 15 is 0 Å². The summed E-state index contributed by atoms with van der Waals surface area (Å²) >= 11 is 1.76. The van der Waals surface area contributed by atoms with Crippen molar-refractivity contribution in [3.05, 3.63) is 34.3 Å². The first kappa shape index (κ1) is 14.7. The van der Waals surface area contributed by atoms with Crippen LogP contribution >= 0.6 is 11.3 Å². The molecule has 5 nitrogen and oxygen atoms in total. The van der Waals surface area contributed by atoms with Gasteiger partial charge in [-0.05, 0) is 17.9 Å². The lowest BCUT2D eigenvalue weighted by molar-refractivity contribution is 0.683. The molecule has 2 rings (SSSR count). The number of thiophene rings is 1. The third-order valence-electron chi connectivity index (χ3n) is 3.02. The molecule has 20 heavy (non-hydrogen) atoms. The van der Waals surface area contributed by atoms with Crippen LogP contribution in [0, 0.1) is 0 Å². The summed E-state index contributed by atoms with van der Waals surface area (Å²) in [7, 11) is 0. The van der Waals surface area contributed by atoms with Gasteiger partial charge < -0.3 is 10.7 Å². The van der Waals surface area contributed by atoms with E-state index in [1.54, 1.807) is 11.3 Å². The molecule has 1 atom stereocenters. The van der Waals surface area contributed by atoms with Crippen molar-refractivity contribution in [2.24, 2.45) is 5.84 Å². The molecule has 0 radical (unpaired) electrons. The maximum absolute atomic E-state index is 5.46. The van der Waals surface area contributed by atoms with E-state index in [9.17, 15) is 0 Å². The van der Waals surface area contributed by atoms with Crippen LogP contribution in [-0.4, -0.2) is 9.97 Å². The Morgan fingerprint density at radius 2 is 2.10 bits per heavy atom. The molecule has 0 aliphatic carbocycles. The molecule has 0 bridgehead atoms. The molecule has 2 aromatic rings. The molecule has 6 heteroatoms. The maximum Gasteiger partial charge on any atom is 0.145 e. The molecule has 0 saturated heterocycles. The number of hydrazine groups is 1. The van der Waals surface area contributed by atoms with Crippen LogP contribution in [0.15, 0.2) is 23.6 Å². The number of nitrogens with one attached hydrogen (secondary N) is 2. The van der Waals surface area contributed by atoms with E-state index in [4.69, 9.17) is 5.84 Å². The van der Waals surface area contributed by atoms with Gasteiger partial charge in [0.25, 0.3) is 0 Å². The Kier molecular flexibility index (Phi) is 5.31. The molecule has 0 aliphatic rings. The number of nitrogens with zero attached hydrogens (tertiary/aromatic N) is 2. The molecule has 0 saturated carbocycles. The van der Waals surface area contributed by atoms with Crippen LogP contribution in [0.1, 0.15) is 43.4 Å². The van der Waals surface area contributed by atoms with Gasteiger partial charge in [-0.2, -0.15) is 0 Å². The van der Waals surface area contributed by atoms with Crippen molar-refractivity contribution in [1.29, 1.82) is 0 Å². The summed E-state index contributed by atoms with van der Waals surface area (Å²) in [6, 6.07) is 6.36. The Morgan fingerprint density at radius 1 is 1.30 bits per heavy atom. The van der Waals surface area contributed by atoms with Crippen molar-refractivity contribution in [2.75, 3.05) is 10.7 Å². The molecule has 4 N–H and O–H groups in total. The van der Waals surface area contributed by atoms with E-state index in [-0.39, 0.29) is 6.04 Å². The van der Waals surface area contributed by atoms with Crippen LogP contribution in [-0.2, 0) is 6.42 Å². The third kappa shape index (κ3) is 3.68. The zero-order chi connectivity index (χ0) is 14.4. The highest BCUT2D eigenvalue weighted by atomic mass is 32.1. The van der Waals surface area contributed by atoms with E-state index in [0.29, 0.717) is 5.82 Å². The van der Waals surface area contributed by atoms with E-state index in [1.165, 1.54) is 4.88 Å². The van der Waals surface area contributed by atoms with Gasteiger partial charge in [-0.25, -0.2) is 15.8 Å². The van der Waals surface area contributed by atoms with E-state index in [1.807, 2.05) is 13.0 Å². The molecule has 1 unspecified atom stereocenters. The highest BCUT2D eigenvalue weighted by molar-refractivity contribution is 7.10. The molecular formula is C14H21N5S. The second-order valence-electron chi connectivity index (χ2n) is 4.55. The first-order valence-corrected chi connectivity index (χ1v) is 7.79. The number of anilines is 2. The van der Waals surface area contributed by atoms with Crippen LogP contribution in [0.5, 0.6) is 0 Å². The van der Waals surface area contributed by atoms with Gasteiger partial charge in [0, 0.05) is 17.4 Å². The fourth-order valence-corrected chi connectivity index (χ4v) is 2.86. The summed E-state index contributed by atoms with van der Waals surface area (Å²) in [5.74, 6) is 7.70. The first-order chi connectivity index (χ1) is 9.76. The second-order valence-corrected chi connectivity index (χ2v) is 5.53. The molecule has 2 aromatic heterocycles. The fraction of sp³-hybridized carbons (Fsp3) is 0.429. The summed E-state index contributed by atoms with van der Waals surface area (Å²) in [5.41, 5.74) is 2.59. The molecule has 2 heterocycles. The summed E-state index contributed by atoms with van der Waals surface area (Å²) in [5, 5.41) is 5.60. The van der Waals surface area contributed by atoms with Crippen molar-refractivity contribution in [1.82, 2.24) is 9.97 Å². The molecule has 0 aromatic carbocycles. The van der Waals surface area contributed by atoms with Crippen molar-refractivity contribution in [3.8, 4) is 0 Å². The van der Waals surface area contributed by atoms with Crippen LogP contribution in [0.4, 0.5) is 11.6 Å². The maximum atomic E-state index is 5.46. The lowest BCUT2D eigenvalue weighted by Gasteiger charge is -2.18. The van der Waals surface area contributed by atoms with Crippen molar-refractivity contribution in [3.63, 3.8) is 0 Å². The number of nitrogens with two attached hydrogens (primary N) is 1. The Labute approximate surface area is 123 Å². The van der Waals surface area contributed by atoms with Gasteiger partial charge in [0.05, 0.1) is 6.04 Å². The van der Waals surface area contributed by atoms with Gasteiger partial charge in [-0.1, -0.05) is 26.3 Å². The van der Waals surface area contributed by atoms with E-state index in [2.05, 4.69) is 45.1 Å². The average molecular weight is 291 g/mol. The van der Waals surface area contributed by atoms with Gasteiger partial charge in [-0.15, -0.1) is 11.3 Å². The smallest absolute Gasteiger partial charge is 0.145 e. The Bertz CT molecular complexity index is 504. The van der Waals surface area contributed by atoms with Crippen LogP contribution in [0.2, 0.25) is 0 Å². The van der Waals surface area contributed by atoms with Gasteiger partial charge in [0.1, 0.15) is 17.5 Å². The van der Waals surface area contributed by atoms with Gasteiger partial charge in [0.15, 0.2) is 0 Å². The van der Waals surface area contributed by atoms with Crippen molar-refractivity contribution < 1.29 is 0 Å². The topological polar surface area (TPSA) is 75.9 Å². The molecular weight excluding hydrogens is 270 g/mol. The standard InChI is InChI=1S/C14H21N5S/c1-3-6-10(11-7-5-8-20-11)16-13-9-14(19-15)18-12(4-2)17-13/h5,7-10H,3-4,6,15H2,1-2H3,(H2,16,17,18,19). The zero-order valence-corrected chi connectivity index (χ0v) is 12.7. The SMILES string of the molecule is CCCC(Nc1cc(NN)nc(CC)n1)c1cccs1.